The second-order valence-electron chi connectivity index (χ2n) is 9.33. The number of rotatable bonds is 5. The van der Waals surface area contributed by atoms with E-state index in [2.05, 4.69) is 25.4 Å². The number of aromatic nitrogens is 5. The molecule has 0 saturated heterocycles. The second-order valence-corrected chi connectivity index (χ2v) is 9.33. The first kappa shape index (κ1) is 24.2. The van der Waals surface area contributed by atoms with Gasteiger partial charge in [0.1, 0.15) is 34.3 Å². The molecule has 0 bridgehead atoms. The zero-order chi connectivity index (χ0) is 27.3. The minimum Gasteiger partial charge on any atom is -0.427 e. The van der Waals surface area contributed by atoms with Crippen molar-refractivity contribution in [3.63, 3.8) is 0 Å². The number of nitrogens with one attached hydrogen (secondary N) is 1. The number of carbonyl (C=O) groups excluding carboxylic acids is 2. The molecular formula is C28H22FN7O3. The SMILES string of the molecule is CC(=O)Oc1ccc(C2(C)C(=O)Nc3nc(-c4nn(Cc5ccccc5F)c5ncccc45)nc(N)c32)cc1. The molecule has 194 valence electrons. The Hall–Kier alpha value is -5.19. The van der Waals surface area contributed by atoms with E-state index >= 15 is 0 Å². The van der Waals surface area contributed by atoms with Crippen LogP contribution < -0.4 is 15.8 Å². The minimum absolute atomic E-state index is 0.112. The lowest BCUT2D eigenvalue weighted by Crippen LogP contribution is -2.32. The van der Waals surface area contributed by atoms with Gasteiger partial charge < -0.3 is 15.8 Å². The molecule has 0 aliphatic carbocycles. The zero-order valence-corrected chi connectivity index (χ0v) is 21.0. The molecule has 0 spiro atoms. The van der Waals surface area contributed by atoms with E-state index in [1.165, 1.54) is 13.0 Å². The first-order chi connectivity index (χ1) is 18.8. The third-order valence-electron chi connectivity index (χ3n) is 6.81. The van der Waals surface area contributed by atoms with E-state index in [0.717, 1.165) is 0 Å². The number of hydrogen-bond donors (Lipinski definition) is 2. The quantitative estimate of drug-likeness (QED) is 0.262. The normalized spacial score (nSPS) is 16.2. The molecule has 11 heteroatoms. The summed E-state index contributed by atoms with van der Waals surface area (Å²) in [4.78, 5) is 38.2. The average Bonchev–Trinajstić information content (AvgIpc) is 3.40. The maximum Gasteiger partial charge on any atom is 0.308 e. The summed E-state index contributed by atoms with van der Waals surface area (Å²) in [7, 11) is 0. The van der Waals surface area contributed by atoms with Crippen LogP contribution in [0.25, 0.3) is 22.6 Å². The summed E-state index contributed by atoms with van der Waals surface area (Å²) in [6.07, 6.45) is 1.63. The van der Waals surface area contributed by atoms with Crippen LogP contribution in [0.15, 0.2) is 66.9 Å². The monoisotopic (exact) mass is 523 g/mol. The van der Waals surface area contributed by atoms with Gasteiger partial charge in [-0.2, -0.15) is 5.10 Å². The van der Waals surface area contributed by atoms with E-state index in [9.17, 15) is 14.0 Å². The van der Waals surface area contributed by atoms with Crippen LogP contribution in [-0.2, 0) is 21.5 Å². The first-order valence-corrected chi connectivity index (χ1v) is 12.1. The summed E-state index contributed by atoms with van der Waals surface area (Å²) in [5.74, 6) is -0.171. The van der Waals surface area contributed by atoms with Gasteiger partial charge in [0.2, 0.25) is 5.91 Å². The Morgan fingerprint density at radius 1 is 1.10 bits per heavy atom. The van der Waals surface area contributed by atoms with Crippen LogP contribution >= 0.6 is 0 Å². The van der Waals surface area contributed by atoms with Gasteiger partial charge in [0, 0.05) is 18.7 Å². The van der Waals surface area contributed by atoms with Gasteiger partial charge in [0.05, 0.1) is 17.5 Å². The average molecular weight is 524 g/mol. The highest BCUT2D eigenvalue weighted by molar-refractivity contribution is 6.09. The number of halogens is 1. The first-order valence-electron chi connectivity index (χ1n) is 12.1. The molecule has 5 aromatic rings. The Bertz CT molecular complexity index is 1780. The van der Waals surface area contributed by atoms with Gasteiger partial charge >= 0.3 is 5.97 Å². The van der Waals surface area contributed by atoms with Gasteiger partial charge in [0.15, 0.2) is 11.5 Å². The van der Waals surface area contributed by atoms with Crippen molar-refractivity contribution in [1.29, 1.82) is 0 Å². The number of carbonyl (C=O) groups is 2. The molecule has 1 unspecified atom stereocenters. The smallest absolute Gasteiger partial charge is 0.308 e. The summed E-state index contributed by atoms with van der Waals surface area (Å²) in [5, 5.41) is 8.15. The summed E-state index contributed by atoms with van der Waals surface area (Å²) in [6.45, 7) is 3.20. The summed E-state index contributed by atoms with van der Waals surface area (Å²) in [5.41, 5.74) is 7.73. The molecule has 4 heterocycles. The third-order valence-corrected chi connectivity index (χ3v) is 6.81. The van der Waals surface area contributed by atoms with Gasteiger partial charge in [-0.25, -0.2) is 24.0 Å². The highest BCUT2D eigenvalue weighted by Gasteiger charge is 2.47. The zero-order valence-electron chi connectivity index (χ0n) is 21.0. The molecule has 0 fully saturated rings. The summed E-state index contributed by atoms with van der Waals surface area (Å²) < 4.78 is 21.1. The van der Waals surface area contributed by atoms with Crippen molar-refractivity contribution in [2.24, 2.45) is 0 Å². The number of ether oxygens (including phenoxy) is 1. The van der Waals surface area contributed by atoms with E-state index in [1.807, 2.05) is 6.07 Å². The number of amides is 1. The van der Waals surface area contributed by atoms with Crippen molar-refractivity contribution in [3.8, 4) is 17.3 Å². The minimum atomic E-state index is -1.18. The Kier molecular flexibility index (Phi) is 5.56. The standard InChI is InChI=1S/C28H22FN7O3/c1-15(37)39-18-11-9-17(10-12-18)28(2)21-23(30)32-25(33-24(21)34-27(28)38)22-19-7-5-13-31-26(19)36(35-22)14-16-6-3-4-8-20(16)29/h3-13H,14H2,1-2H3,(H3,30,32,33,34,38). The lowest BCUT2D eigenvalue weighted by atomic mass is 9.78. The fraction of sp³-hybridized carbons (Fsp3) is 0.143. The molecule has 0 radical (unpaired) electrons. The van der Waals surface area contributed by atoms with Crippen molar-refractivity contribution in [2.75, 3.05) is 11.1 Å². The number of nitrogens with two attached hydrogens (primary N) is 1. The number of pyridine rings is 1. The Morgan fingerprint density at radius 2 is 1.87 bits per heavy atom. The van der Waals surface area contributed by atoms with E-state index < -0.39 is 11.4 Å². The van der Waals surface area contributed by atoms with Crippen LogP contribution in [0.1, 0.15) is 30.5 Å². The Balaban J connectivity index is 1.43. The molecule has 3 aromatic heterocycles. The van der Waals surface area contributed by atoms with E-state index in [4.69, 9.17) is 10.5 Å². The van der Waals surface area contributed by atoms with Gasteiger partial charge in [-0.1, -0.05) is 30.3 Å². The summed E-state index contributed by atoms with van der Waals surface area (Å²) >= 11 is 0. The summed E-state index contributed by atoms with van der Waals surface area (Å²) in [6, 6.07) is 16.7. The molecule has 3 N–H and O–H groups in total. The van der Waals surface area contributed by atoms with E-state index in [0.29, 0.717) is 39.2 Å². The largest absolute Gasteiger partial charge is 0.427 e. The van der Waals surface area contributed by atoms with Gasteiger partial charge in [-0.05, 0) is 42.8 Å². The lowest BCUT2D eigenvalue weighted by molar-refractivity contribution is -0.131. The maximum absolute atomic E-state index is 14.4. The van der Waals surface area contributed by atoms with E-state index in [1.54, 1.807) is 66.3 Å². The van der Waals surface area contributed by atoms with Crippen LogP contribution in [-0.4, -0.2) is 36.6 Å². The molecular weight excluding hydrogens is 501 g/mol. The van der Waals surface area contributed by atoms with Gasteiger partial charge in [0.25, 0.3) is 0 Å². The molecule has 1 amide bonds. The van der Waals surface area contributed by atoms with Crippen LogP contribution in [0, 0.1) is 5.82 Å². The highest BCUT2D eigenvalue weighted by Crippen LogP contribution is 2.45. The Labute approximate surface area is 221 Å². The molecule has 1 aliphatic heterocycles. The fourth-order valence-electron chi connectivity index (χ4n) is 4.88. The third kappa shape index (κ3) is 3.95. The van der Waals surface area contributed by atoms with E-state index in [-0.39, 0.29) is 35.7 Å². The second kappa shape index (κ2) is 8.98. The number of nitrogen functional groups attached to an aromatic ring is 1. The van der Waals surface area contributed by atoms with Gasteiger partial charge in [-0.3, -0.25) is 9.59 Å². The van der Waals surface area contributed by atoms with Crippen molar-refractivity contribution >= 4 is 34.5 Å². The van der Waals surface area contributed by atoms with Crippen LogP contribution in [0.5, 0.6) is 5.75 Å². The van der Waals surface area contributed by atoms with Crippen molar-refractivity contribution < 1.29 is 18.7 Å². The van der Waals surface area contributed by atoms with Crippen LogP contribution in [0.3, 0.4) is 0 Å². The maximum atomic E-state index is 14.4. The topological polar surface area (TPSA) is 138 Å². The number of anilines is 2. The molecule has 6 rings (SSSR count). The van der Waals surface area contributed by atoms with Crippen LogP contribution in [0.4, 0.5) is 16.0 Å². The highest BCUT2D eigenvalue weighted by atomic mass is 19.1. The van der Waals surface area contributed by atoms with Crippen molar-refractivity contribution in [1.82, 2.24) is 24.7 Å². The number of hydrogen-bond acceptors (Lipinski definition) is 8. The number of fused-ring (bicyclic) bond motifs is 2. The predicted octanol–water partition coefficient (Wildman–Crippen LogP) is 3.84. The molecule has 39 heavy (non-hydrogen) atoms. The lowest BCUT2D eigenvalue weighted by Gasteiger charge is -2.23. The molecule has 10 nitrogen and oxygen atoms in total. The molecule has 0 saturated carbocycles. The molecule has 2 aromatic carbocycles. The van der Waals surface area contributed by atoms with Crippen molar-refractivity contribution in [3.05, 3.63) is 89.4 Å². The number of benzene rings is 2. The number of esters is 1. The number of nitrogens with zero attached hydrogens (tertiary/aromatic N) is 5. The predicted molar refractivity (Wildman–Crippen MR) is 141 cm³/mol. The van der Waals surface area contributed by atoms with Crippen molar-refractivity contribution in [2.45, 2.75) is 25.8 Å². The molecule has 1 atom stereocenters. The van der Waals surface area contributed by atoms with Gasteiger partial charge in [-0.15, -0.1) is 0 Å². The fourth-order valence-corrected chi connectivity index (χ4v) is 4.88. The van der Waals surface area contributed by atoms with Crippen LogP contribution in [0.2, 0.25) is 0 Å². The Morgan fingerprint density at radius 3 is 2.62 bits per heavy atom. The molecule has 1 aliphatic rings.